The SMILES string of the molecule is COC(C)(OC)[O][In]([CH2]CCN)[O]C(C)(OC)OC. The predicted molar refractivity (Wildman–Crippen MR) is 71.2 cm³/mol. The van der Waals surface area contributed by atoms with Crippen LogP contribution < -0.4 is 5.73 Å². The van der Waals surface area contributed by atoms with Crippen LogP contribution in [0.25, 0.3) is 0 Å². The van der Waals surface area contributed by atoms with Crippen LogP contribution in [-0.2, 0) is 24.7 Å². The molecule has 19 heavy (non-hydrogen) atoms. The Morgan fingerprint density at radius 2 is 1.21 bits per heavy atom. The van der Waals surface area contributed by atoms with E-state index in [0.29, 0.717) is 6.54 Å². The van der Waals surface area contributed by atoms with E-state index in [0.717, 1.165) is 10.6 Å². The number of nitrogens with two attached hydrogens (primary N) is 1. The van der Waals surface area contributed by atoms with Crippen molar-refractivity contribution < 1.29 is 24.7 Å². The molecule has 2 N–H and O–H groups in total. The van der Waals surface area contributed by atoms with E-state index in [1.165, 1.54) is 28.4 Å². The predicted octanol–water partition coefficient (Wildman–Crippen LogP) is 0.790. The average molecular weight is 383 g/mol. The number of rotatable bonds is 11. The summed E-state index contributed by atoms with van der Waals surface area (Å²) in [6, 6.07) is 0. The van der Waals surface area contributed by atoms with Crippen LogP contribution in [-0.4, -0.2) is 69.2 Å². The standard InChI is InChI=1S/2C4H9O3.C3H8N.In/c2*1-4(5,6-2)7-3;1-2-3-4;/h2*1-3H3;1-4H2;/q2*-1;;+2. The summed E-state index contributed by atoms with van der Waals surface area (Å²) in [6.45, 7) is 3.97. The summed E-state index contributed by atoms with van der Waals surface area (Å²) in [7, 11) is 6.06. The molecule has 0 amide bonds. The van der Waals surface area contributed by atoms with Gasteiger partial charge in [-0.1, -0.05) is 0 Å². The van der Waals surface area contributed by atoms with Crippen molar-refractivity contribution in [1.29, 1.82) is 0 Å². The fourth-order valence-corrected chi connectivity index (χ4v) is 7.52. The molecule has 8 heteroatoms. The molecule has 0 aliphatic carbocycles. The molecule has 0 atom stereocenters. The molecule has 0 heterocycles. The zero-order valence-corrected chi connectivity index (χ0v) is 16.0. The van der Waals surface area contributed by atoms with Crippen LogP contribution in [0.5, 0.6) is 0 Å². The summed E-state index contributed by atoms with van der Waals surface area (Å²) in [4.78, 5) is 0. The summed E-state index contributed by atoms with van der Waals surface area (Å²) in [6.07, 6.45) is 0.813. The first-order chi connectivity index (χ1) is 8.88. The quantitative estimate of drug-likeness (QED) is 0.529. The molecule has 0 bridgehead atoms. The molecule has 0 spiro atoms. The maximum atomic E-state index is 5.87. The van der Waals surface area contributed by atoms with Crippen molar-refractivity contribution >= 4 is 22.3 Å². The Hall–Kier alpha value is 0.590. The Labute approximate surface area is 124 Å². The molecule has 0 aromatic carbocycles. The first-order valence-corrected chi connectivity index (χ1v) is 11.2. The number of hydrogen-bond acceptors (Lipinski definition) is 7. The van der Waals surface area contributed by atoms with E-state index in [4.69, 9.17) is 30.4 Å². The summed E-state index contributed by atoms with van der Waals surface area (Å²) in [5, 5.41) is 0. The molecule has 0 radical (unpaired) electrons. The van der Waals surface area contributed by atoms with E-state index in [1.807, 2.05) is 0 Å². The van der Waals surface area contributed by atoms with E-state index in [-0.39, 0.29) is 0 Å². The molecule has 0 fully saturated rings. The summed E-state index contributed by atoms with van der Waals surface area (Å²) < 4.78 is 33.3. The van der Waals surface area contributed by atoms with E-state index >= 15 is 0 Å². The molecule has 0 unspecified atom stereocenters. The molecule has 7 nitrogen and oxygen atoms in total. The molecule has 0 aromatic heterocycles. The van der Waals surface area contributed by atoms with Crippen molar-refractivity contribution in [2.75, 3.05) is 35.0 Å². The van der Waals surface area contributed by atoms with Crippen LogP contribution in [0.3, 0.4) is 0 Å². The third-order valence-electron chi connectivity index (χ3n) is 2.82. The minimum atomic E-state index is -2.93. The van der Waals surface area contributed by atoms with Gasteiger partial charge >= 0.3 is 124 Å². The van der Waals surface area contributed by atoms with Crippen molar-refractivity contribution in [3.63, 3.8) is 0 Å². The van der Waals surface area contributed by atoms with Crippen molar-refractivity contribution in [3.8, 4) is 0 Å². The van der Waals surface area contributed by atoms with Crippen LogP contribution in [0.4, 0.5) is 0 Å². The molecular weight excluding hydrogens is 357 g/mol. The molecule has 0 saturated heterocycles. The summed E-state index contributed by atoms with van der Waals surface area (Å²) >= 11 is -2.93. The van der Waals surface area contributed by atoms with E-state index in [1.54, 1.807) is 13.8 Å². The van der Waals surface area contributed by atoms with Gasteiger partial charge in [0.05, 0.1) is 0 Å². The summed E-state index contributed by atoms with van der Waals surface area (Å²) in [5.74, 6) is -2.23. The fraction of sp³-hybridized carbons (Fsp3) is 1.00. The second-order valence-corrected chi connectivity index (χ2v) is 9.58. The first-order valence-electron chi connectivity index (χ1n) is 6.15. The van der Waals surface area contributed by atoms with Crippen molar-refractivity contribution in [3.05, 3.63) is 0 Å². The van der Waals surface area contributed by atoms with Gasteiger partial charge in [-0.3, -0.25) is 0 Å². The fourth-order valence-electron chi connectivity index (χ4n) is 1.26. The molecule has 0 aliphatic heterocycles. The van der Waals surface area contributed by atoms with Gasteiger partial charge in [0.25, 0.3) is 0 Å². The second-order valence-electron chi connectivity index (χ2n) is 4.14. The van der Waals surface area contributed by atoms with Crippen molar-refractivity contribution in [2.45, 2.75) is 36.4 Å². The Morgan fingerprint density at radius 1 is 0.842 bits per heavy atom. The van der Waals surface area contributed by atoms with Gasteiger partial charge in [0.15, 0.2) is 0 Å². The second kappa shape index (κ2) is 9.51. The maximum absolute atomic E-state index is 5.87. The molecule has 114 valence electrons. The van der Waals surface area contributed by atoms with Crippen LogP contribution in [0.1, 0.15) is 20.3 Å². The molecule has 0 saturated carbocycles. The van der Waals surface area contributed by atoms with Gasteiger partial charge in [-0.2, -0.15) is 0 Å². The summed E-state index contributed by atoms with van der Waals surface area (Å²) in [5.41, 5.74) is 5.53. The van der Waals surface area contributed by atoms with Gasteiger partial charge in [-0.05, 0) is 0 Å². The van der Waals surface area contributed by atoms with E-state index in [9.17, 15) is 0 Å². The van der Waals surface area contributed by atoms with Crippen molar-refractivity contribution in [1.82, 2.24) is 0 Å². The minimum absolute atomic E-state index is 0.577. The van der Waals surface area contributed by atoms with Gasteiger partial charge in [-0.15, -0.1) is 0 Å². The Balaban J connectivity index is 4.71. The third-order valence-corrected chi connectivity index (χ3v) is 9.27. The number of methoxy groups -OCH3 is 4. The van der Waals surface area contributed by atoms with Gasteiger partial charge < -0.3 is 0 Å². The zero-order chi connectivity index (χ0) is 14.9. The van der Waals surface area contributed by atoms with Crippen molar-refractivity contribution in [2.24, 2.45) is 5.73 Å². The van der Waals surface area contributed by atoms with Crippen LogP contribution in [0.15, 0.2) is 0 Å². The molecule has 0 aromatic rings. The van der Waals surface area contributed by atoms with Gasteiger partial charge in [0.2, 0.25) is 0 Å². The number of ether oxygens (including phenoxy) is 4. The topological polar surface area (TPSA) is 81.4 Å². The number of hydrogen-bond donors (Lipinski definition) is 1. The van der Waals surface area contributed by atoms with Gasteiger partial charge in [0, 0.05) is 0 Å². The Kier molecular flexibility index (Phi) is 9.81. The van der Waals surface area contributed by atoms with Crippen LogP contribution in [0.2, 0.25) is 4.18 Å². The average Bonchev–Trinajstić information content (AvgIpc) is 2.44. The Morgan fingerprint density at radius 3 is 1.47 bits per heavy atom. The molecule has 0 rings (SSSR count). The first kappa shape index (κ1) is 19.6. The van der Waals surface area contributed by atoms with Crippen LogP contribution in [0, 0.1) is 0 Å². The Bertz CT molecular complexity index is 215. The third kappa shape index (κ3) is 7.24. The normalized spacial score (nSPS) is 12.8. The van der Waals surface area contributed by atoms with Crippen LogP contribution >= 0.6 is 0 Å². The van der Waals surface area contributed by atoms with E-state index in [2.05, 4.69) is 0 Å². The molecular formula is C11H26InNO6. The van der Waals surface area contributed by atoms with Gasteiger partial charge in [-0.25, -0.2) is 0 Å². The molecule has 0 aliphatic rings. The van der Waals surface area contributed by atoms with E-state index < -0.39 is 34.3 Å². The van der Waals surface area contributed by atoms with Gasteiger partial charge in [0.1, 0.15) is 0 Å². The monoisotopic (exact) mass is 383 g/mol. The zero-order valence-electron chi connectivity index (χ0n) is 12.7.